The molecule has 4 aromatic rings. The average Bonchev–Trinajstić information content (AvgIpc) is 3.23. The summed E-state index contributed by atoms with van der Waals surface area (Å²) in [6, 6.07) is 13.5. The fourth-order valence-corrected chi connectivity index (χ4v) is 4.17. The summed E-state index contributed by atoms with van der Waals surface area (Å²) in [7, 11) is 0. The number of fused-ring (bicyclic) bond motifs is 1. The van der Waals surface area contributed by atoms with Gasteiger partial charge in [-0.2, -0.15) is 0 Å². The molecule has 0 saturated heterocycles. The summed E-state index contributed by atoms with van der Waals surface area (Å²) in [6.45, 7) is 3.64. The first-order valence-corrected chi connectivity index (χ1v) is 10.5. The number of halogens is 1. The third kappa shape index (κ3) is 4.06. The van der Waals surface area contributed by atoms with Crippen LogP contribution in [0.1, 0.15) is 16.7 Å². The zero-order valence-electron chi connectivity index (χ0n) is 17.0. The van der Waals surface area contributed by atoms with Gasteiger partial charge >= 0.3 is 5.69 Å². The molecule has 0 aliphatic rings. The third-order valence-corrected chi connectivity index (χ3v) is 5.96. The van der Waals surface area contributed by atoms with Crippen molar-refractivity contribution in [3.05, 3.63) is 97.3 Å². The van der Waals surface area contributed by atoms with Gasteiger partial charge < -0.3 is 5.32 Å². The Kier molecular flexibility index (Phi) is 5.56. The van der Waals surface area contributed by atoms with Crippen LogP contribution in [0.25, 0.3) is 15.9 Å². The van der Waals surface area contributed by atoms with E-state index >= 15 is 0 Å². The van der Waals surface area contributed by atoms with Crippen molar-refractivity contribution in [2.24, 2.45) is 0 Å². The van der Waals surface area contributed by atoms with Gasteiger partial charge in [-0.25, -0.2) is 13.8 Å². The van der Waals surface area contributed by atoms with Crippen LogP contribution in [-0.4, -0.2) is 15.0 Å². The summed E-state index contributed by atoms with van der Waals surface area (Å²) in [6.07, 6.45) is 0. The lowest BCUT2D eigenvalue weighted by Crippen LogP contribution is -2.41. The molecule has 1 N–H and O–H groups in total. The molecule has 0 radical (unpaired) electrons. The average molecular weight is 437 g/mol. The van der Waals surface area contributed by atoms with Crippen molar-refractivity contribution in [2.45, 2.75) is 26.9 Å². The zero-order chi connectivity index (χ0) is 22.1. The van der Waals surface area contributed by atoms with Crippen LogP contribution in [0, 0.1) is 19.7 Å². The molecular formula is C23H20FN3O3S. The van der Waals surface area contributed by atoms with Gasteiger partial charge in [0.25, 0.3) is 5.56 Å². The largest absolute Gasteiger partial charge is 0.350 e. The van der Waals surface area contributed by atoms with Gasteiger partial charge in [-0.15, -0.1) is 11.3 Å². The van der Waals surface area contributed by atoms with Crippen molar-refractivity contribution in [2.75, 3.05) is 0 Å². The zero-order valence-corrected chi connectivity index (χ0v) is 17.8. The third-order valence-electron chi connectivity index (χ3n) is 5.07. The quantitative estimate of drug-likeness (QED) is 0.521. The highest BCUT2D eigenvalue weighted by atomic mass is 32.1. The summed E-state index contributed by atoms with van der Waals surface area (Å²) in [4.78, 5) is 38.7. The molecular weight excluding hydrogens is 417 g/mol. The SMILES string of the molecule is Cc1ccc(CNC(=O)Cn2c(=O)n(-c3ccc(F)c(C)c3)c(=O)c3sccc32)cc1. The molecule has 0 unspecified atom stereocenters. The minimum absolute atomic E-state index is 0.238. The van der Waals surface area contributed by atoms with E-state index < -0.39 is 17.1 Å². The number of aromatic nitrogens is 2. The van der Waals surface area contributed by atoms with Gasteiger partial charge in [0, 0.05) is 6.54 Å². The molecule has 0 aliphatic carbocycles. The number of rotatable bonds is 5. The normalized spacial score (nSPS) is 11.1. The maximum atomic E-state index is 13.7. The maximum Gasteiger partial charge on any atom is 0.336 e. The number of hydrogen-bond donors (Lipinski definition) is 1. The van der Waals surface area contributed by atoms with E-state index in [1.807, 2.05) is 31.2 Å². The van der Waals surface area contributed by atoms with Crippen LogP contribution in [0.3, 0.4) is 0 Å². The molecule has 0 aliphatic heterocycles. The molecule has 0 saturated carbocycles. The number of nitrogens with zero attached hydrogens (tertiary/aromatic N) is 2. The van der Waals surface area contributed by atoms with Gasteiger partial charge in [-0.05, 0) is 54.6 Å². The van der Waals surface area contributed by atoms with Crippen molar-refractivity contribution in [1.29, 1.82) is 0 Å². The standard InChI is InChI=1S/C23H20FN3O3S/c1-14-3-5-16(6-4-14)12-25-20(28)13-26-19-9-10-31-21(19)22(29)27(23(26)30)17-7-8-18(24)15(2)11-17/h3-11H,12-13H2,1-2H3,(H,25,28). The molecule has 1 amide bonds. The highest BCUT2D eigenvalue weighted by Crippen LogP contribution is 2.17. The molecule has 2 heterocycles. The van der Waals surface area contributed by atoms with Crippen LogP contribution in [0.15, 0.2) is 63.5 Å². The topological polar surface area (TPSA) is 73.1 Å². The molecule has 0 atom stereocenters. The van der Waals surface area contributed by atoms with E-state index in [4.69, 9.17) is 0 Å². The van der Waals surface area contributed by atoms with E-state index in [9.17, 15) is 18.8 Å². The Hall–Kier alpha value is -3.52. The molecule has 4 rings (SSSR count). The molecule has 8 heteroatoms. The van der Waals surface area contributed by atoms with E-state index in [-0.39, 0.29) is 18.1 Å². The number of amides is 1. The molecule has 0 fully saturated rings. The van der Waals surface area contributed by atoms with Crippen molar-refractivity contribution in [3.63, 3.8) is 0 Å². The van der Waals surface area contributed by atoms with Gasteiger partial charge in [0.15, 0.2) is 0 Å². The summed E-state index contributed by atoms with van der Waals surface area (Å²) >= 11 is 1.19. The maximum absolute atomic E-state index is 13.7. The Labute approximate surface area is 181 Å². The van der Waals surface area contributed by atoms with E-state index in [0.29, 0.717) is 22.3 Å². The Bertz CT molecular complexity index is 1400. The fraction of sp³-hybridized carbons (Fsp3) is 0.174. The number of carbonyl (C=O) groups is 1. The first-order chi connectivity index (χ1) is 14.8. The van der Waals surface area contributed by atoms with E-state index in [1.54, 1.807) is 18.4 Å². The van der Waals surface area contributed by atoms with Crippen LogP contribution in [0.4, 0.5) is 4.39 Å². The van der Waals surface area contributed by atoms with Crippen LogP contribution in [-0.2, 0) is 17.9 Å². The lowest BCUT2D eigenvalue weighted by molar-refractivity contribution is -0.121. The Morgan fingerprint density at radius 2 is 1.81 bits per heavy atom. The molecule has 2 aromatic carbocycles. The lowest BCUT2D eigenvalue weighted by Gasteiger charge is -2.13. The predicted molar refractivity (Wildman–Crippen MR) is 119 cm³/mol. The van der Waals surface area contributed by atoms with E-state index in [0.717, 1.165) is 15.7 Å². The first-order valence-electron chi connectivity index (χ1n) is 9.67. The minimum atomic E-state index is -0.646. The number of hydrogen-bond acceptors (Lipinski definition) is 4. The number of nitrogens with one attached hydrogen (secondary N) is 1. The number of thiophene rings is 1. The molecule has 0 bridgehead atoms. The Balaban J connectivity index is 1.70. The van der Waals surface area contributed by atoms with E-state index in [2.05, 4.69) is 5.32 Å². The second-order valence-corrected chi connectivity index (χ2v) is 8.26. The highest BCUT2D eigenvalue weighted by Gasteiger charge is 2.18. The Morgan fingerprint density at radius 1 is 1.06 bits per heavy atom. The van der Waals surface area contributed by atoms with Crippen LogP contribution in [0.2, 0.25) is 0 Å². The van der Waals surface area contributed by atoms with Gasteiger partial charge in [0.2, 0.25) is 5.91 Å². The monoisotopic (exact) mass is 437 g/mol. The Morgan fingerprint density at radius 3 is 2.52 bits per heavy atom. The minimum Gasteiger partial charge on any atom is -0.350 e. The van der Waals surface area contributed by atoms with Crippen molar-refractivity contribution < 1.29 is 9.18 Å². The van der Waals surface area contributed by atoms with E-state index in [1.165, 1.54) is 34.1 Å². The predicted octanol–water partition coefficient (Wildman–Crippen LogP) is 3.29. The van der Waals surface area contributed by atoms with Gasteiger partial charge in [-0.1, -0.05) is 29.8 Å². The van der Waals surface area contributed by atoms with Crippen LogP contribution >= 0.6 is 11.3 Å². The van der Waals surface area contributed by atoms with Crippen molar-refractivity contribution >= 4 is 27.5 Å². The van der Waals surface area contributed by atoms with Crippen molar-refractivity contribution in [1.82, 2.24) is 14.5 Å². The summed E-state index contributed by atoms with van der Waals surface area (Å²) < 4.78 is 16.3. The van der Waals surface area contributed by atoms with Crippen LogP contribution in [0.5, 0.6) is 0 Å². The first kappa shape index (κ1) is 20.7. The molecule has 2 aromatic heterocycles. The summed E-state index contributed by atoms with van der Waals surface area (Å²) in [5, 5.41) is 4.51. The number of carbonyl (C=O) groups excluding carboxylic acids is 1. The van der Waals surface area contributed by atoms with Crippen molar-refractivity contribution in [3.8, 4) is 5.69 Å². The molecule has 31 heavy (non-hydrogen) atoms. The number of aryl methyl sites for hydroxylation is 2. The smallest absolute Gasteiger partial charge is 0.336 e. The molecule has 0 spiro atoms. The van der Waals surface area contributed by atoms with Gasteiger partial charge in [-0.3, -0.25) is 14.2 Å². The van der Waals surface area contributed by atoms with Gasteiger partial charge in [0.05, 0.1) is 11.2 Å². The van der Waals surface area contributed by atoms with Gasteiger partial charge in [0.1, 0.15) is 17.1 Å². The highest BCUT2D eigenvalue weighted by molar-refractivity contribution is 7.17. The number of benzene rings is 2. The second kappa shape index (κ2) is 8.31. The summed E-state index contributed by atoms with van der Waals surface area (Å²) in [5.41, 5.74) is 1.92. The van der Waals surface area contributed by atoms with Crippen LogP contribution < -0.4 is 16.6 Å². The second-order valence-electron chi connectivity index (χ2n) is 7.34. The summed E-state index contributed by atoms with van der Waals surface area (Å²) in [5.74, 6) is -0.777. The lowest BCUT2D eigenvalue weighted by atomic mass is 10.1. The fourth-order valence-electron chi connectivity index (χ4n) is 3.34. The molecule has 6 nitrogen and oxygen atoms in total. The molecule has 158 valence electrons.